The van der Waals surface area contributed by atoms with Gasteiger partial charge in [-0.3, -0.25) is 0 Å². The molecule has 1 aromatic rings. The number of rotatable bonds is 1. The Morgan fingerprint density at radius 2 is 2.88 bits per heavy atom. The second kappa shape index (κ2) is 2.26. The maximum atomic E-state index is 6.72. The van der Waals surface area contributed by atoms with Gasteiger partial charge in [0.1, 0.15) is 6.33 Å². The van der Waals surface area contributed by atoms with Crippen molar-refractivity contribution in [2.24, 2.45) is 0 Å². The smallest absolute Gasteiger partial charge is 0.215 e. The summed E-state index contributed by atoms with van der Waals surface area (Å²) < 4.78 is 24.6. The van der Waals surface area contributed by atoms with Crippen molar-refractivity contribution in [3.8, 4) is 5.88 Å². The first-order valence-corrected chi connectivity index (χ1v) is 2.03. The molecule has 8 heavy (non-hydrogen) atoms. The summed E-state index contributed by atoms with van der Waals surface area (Å²) in [6.07, 6.45) is 2.63. The number of hydrogen-bond donors (Lipinski definition) is 0. The molecule has 0 fully saturated rings. The average Bonchev–Trinajstić information content (AvgIpc) is 1.85. The third-order valence-electron chi connectivity index (χ3n) is 0.659. The molecule has 0 bridgehead atoms. The van der Waals surface area contributed by atoms with Crippen molar-refractivity contribution in [2.75, 3.05) is 7.04 Å². The van der Waals surface area contributed by atoms with Gasteiger partial charge in [0.25, 0.3) is 0 Å². The van der Waals surface area contributed by atoms with E-state index in [1.807, 2.05) is 0 Å². The molecule has 0 aliphatic carbocycles. The zero-order valence-electron chi connectivity index (χ0n) is 7.03. The van der Waals surface area contributed by atoms with Crippen LogP contribution in [-0.2, 0) is 0 Å². The molecule has 0 saturated carbocycles. The van der Waals surface area contributed by atoms with Gasteiger partial charge in [0.05, 0.1) is 11.2 Å². The van der Waals surface area contributed by atoms with E-state index >= 15 is 0 Å². The predicted molar refractivity (Wildman–Crippen MR) is 28.6 cm³/mol. The molecule has 0 N–H and O–H groups in total. The molecule has 0 aliphatic heterocycles. The van der Waals surface area contributed by atoms with E-state index in [0.717, 1.165) is 0 Å². The van der Waals surface area contributed by atoms with Crippen molar-refractivity contribution in [3.63, 3.8) is 0 Å². The van der Waals surface area contributed by atoms with Gasteiger partial charge >= 0.3 is 0 Å². The molecule has 0 aromatic carbocycles. The standard InChI is InChI=1S/C5H6N2O/c1-8-5-2-3-6-4-7-5/h2-4H,1H3/i1D3. The number of hydrogen-bond acceptors (Lipinski definition) is 3. The molecule has 0 amide bonds. The third-order valence-corrected chi connectivity index (χ3v) is 0.659. The highest BCUT2D eigenvalue weighted by molar-refractivity contribution is 5.03. The maximum absolute atomic E-state index is 6.72. The lowest BCUT2D eigenvalue weighted by Gasteiger charge is -1.91. The molecule has 0 unspecified atom stereocenters. The van der Waals surface area contributed by atoms with Gasteiger partial charge in [0.2, 0.25) is 5.88 Å². The number of ether oxygens (including phenoxy) is 1. The Balaban J connectivity index is 2.66. The molecule has 3 nitrogen and oxygen atoms in total. The van der Waals surface area contributed by atoms with E-state index in [1.165, 1.54) is 18.6 Å². The highest BCUT2D eigenvalue weighted by Gasteiger charge is 1.82. The van der Waals surface area contributed by atoms with Crippen LogP contribution in [0.3, 0.4) is 0 Å². The Morgan fingerprint density at radius 3 is 3.50 bits per heavy atom. The summed E-state index contributed by atoms with van der Waals surface area (Å²) >= 11 is 0. The van der Waals surface area contributed by atoms with Gasteiger partial charge in [-0.2, -0.15) is 0 Å². The lowest BCUT2D eigenvalue weighted by molar-refractivity contribution is 0.397. The molecule has 0 atom stereocenters. The van der Waals surface area contributed by atoms with Crippen LogP contribution in [-0.4, -0.2) is 17.0 Å². The summed E-state index contributed by atoms with van der Waals surface area (Å²) in [6, 6.07) is 1.38. The van der Waals surface area contributed by atoms with Crippen molar-refractivity contribution in [1.29, 1.82) is 0 Å². The molecule has 1 heterocycles. The van der Waals surface area contributed by atoms with Gasteiger partial charge in [-0.15, -0.1) is 0 Å². The van der Waals surface area contributed by atoms with Crippen LogP contribution in [0.4, 0.5) is 0 Å². The molecule has 1 rings (SSSR count). The summed E-state index contributed by atoms with van der Waals surface area (Å²) in [5.41, 5.74) is 0. The Bertz CT molecular complexity index is 223. The number of methoxy groups -OCH3 is 1. The molecule has 0 radical (unpaired) electrons. The Labute approximate surface area is 51.6 Å². The van der Waals surface area contributed by atoms with Gasteiger partial charge in [0.15, 0.2) is 0 Å². The van der Waals surface area contributed by atoms with Crippen molar-refractivity contribution in [3.05, 3.63) is 18.6 Å². The molecule has 3 heteroatoms. The van der Waals surface area contributed by atoms with Gasteiger partial charge in [-0.05, 0) is 0 Å². The van der Waals surface area contributed by atoms with Crippen LogP contribution < -0.4 is 4.74 Å². The van der Waals surface area contributed by atoms with Crippen LogP contribution in [0.2, 0.25) is 0 Å². The lowest BCUT2D eigenvalue weighted by Crippen LogP contribution is -1.85. The van der Waals surface area contributed by atoms with Crippen LogP contribution >= 0.6 is 0 Å². The summed E-state index contributed by atoms with van der Waals surface area (Å²) in [7, 11) is -2.44. The minimum Gasteiger partial charge on any atom is -0.481 e. The Morgan fingerprint density at radius 1 is 1.88 bits per heavy atom. The van der Waals surface area contributed by atoms with Crippen LogP contribution in [0.1, 0.15) is 4.11 Å². The average molecular weight is 113 g/mol. The molecular formula is C5H6N2O. The minimum absolute atomic E-state index is 0.0556. The van der Waals surface area contributed by atoms with Crippen molar-refractivity contribution in [2.45, 2.75) is 0 Å². The summed E-state index contributed by atoms with van der Waals surface area (Å²) in [5, 5.41) is 0. The number of nitrogens with zero attached hydrogens (tertiary/aromatic N) is 2. The first-order valence-electron chi connectivity index (χ1n) is 3.53. The zero-order valence-corrected chi connectivity index (χ0v) is 4.03. The lowest BCUT2D eigenvalue weighted by atomic mass is 10.6. The van der Waals surface area contributed by atoms with Crippen molar-refractivity contribution in [1.82, 2.24) is 9.97 Å². The van der Waals surface area contributed by atoms with E-state index < -0.39 is 7.04 Å². The summed E-state index contributed by atoms with van der Waals surface area (Å²) in [4.78, 5) is 7.17. The number of aromatic nitrogens is 2. The van der Waals surface area contributed by atoms with Gasteiger partial charge in [-0.25, -0.2) is 9.97 Å². The monoisotopic (exact) mass is 113 g/mol. The van der Waals surface area contributed by atoms with E-state index in [1.54, 1.807) is 0 Å². The Kier molecular flexibility index (Phi) is 0.687. The van der Waals surface area contributed by atoms with Crippen molar-refractivity contribution < 1.29 is 8.85 Å². The maximum Gasteiger partial charge on any atom is 0.215 e. The van der Waals surface area contributed by atoms with Gasteiger partial charge in [-0.1, -0.05) is 0 Å². The first kappa shape index (κ1) is 2.44. The molecule has 1 aromatic heterocycles. The molecular weight excluding hydrogens is 104 g/mol. The first-order chi connectivity index (χ1) is 5.08. The molecule has 0 aliphatic rings. The van der Waals surface area contributed by atoms with Crippen molar-refractivity contribution >= 4 is 0 Å². The highest BCUT2D eigenvalue weighted by atomic mass is 16.5. The van der Waals surface area contributed by atoms with Crippen LogP contribution in [0.25, 0.3) is 0 Å². The highest BCUT2D eigenvalue weighted by Crippen LogP contribution is 1.97. The van der Waals surface area contributed by atoms with Gasteiger partial charge in [0, 0.05) is 12.3 Å². The minimum atomic E-state index is -2.44. The molecule has 0 spiro atoms. The van der Waals surface area contributed by atoms with E-state index in [0.29, 0.717) is 0 Å². The predicted octanol–water partition coefficient (Wildman–Crippen LogP) is 0.485. The molecule has 42 valence electrons. The second-order valence-electron chi connectivity index (χ2n) is 1.15. The van der Waals surface area contributed by atoms with E-state index in [4.69, 9.17) is 4.11 Å². The third kappa shape index (κ3) is 0.932. The topological polar surface area (TPSA) is 35.0 Å². The normalized spacial score (nSPS) is 15.8. The quantitative estimate of drug-likeness (QED) is 0.531. The van der Waals surface area contributed by atoms with E-state index in [-0.39, 0.29) is 5.88 Å². The van der Waals surface area contributed by atoms with Crippen LogP contribution in [0.5, 0.6) is 5.88 Å². The van der Waals surface area contributed by atoms with Crippen LogP contribution in [0.15, 0.2) is 18.6 Å². The fourth-order valence-corrected chi connectivity index (χ4v) is 0.339. The second-order valence-corrected chi connectivity index (χ2v) is 1.15. The SMILES string of the molecule is [2H]C([2H])([2H])Oc1ccncn1. The summed E-state index contributed by atoms with van der Waals surface area (Å²) in [6.45, 7) is 0. The zero-order chi connectivity index (χ0) is 8.32. The fraction of sp³-hybridized carbons (Fsp3) is 0.200. The van der Waals surface area contributed by atoms with Crippen LogP contribution in [0, 0.1) is 0 Å². The molecule has 0 saturated heterocycles. The largest absolute Gasteiger partial charge is 0.481 e. The Hall–Kier alpha value is -1.12. The van der Waals surface area contributed by atoms with Gasteiger partial charge < -0.3 is 4.74 Å². The van der Waals surface area contributed by atoms with E-state index in [2.05, 4.69) is 14.7 Å². The van der Waals surface area contributed by atoms with E-state index in [9.17, 15) is 0 Å². The summed E-state index contributed by atoms with van der Waals surface area (Å²) in [5.74, 6) is 0.0556. The fourth-order valence-electron chi connectivity index (χ4n) is 0.339.